The molecule has 0 saturated carbocycles. The van der Waals surface area contributed by atoms with E-state index in [1.165, 1.54) is 42.5 Å². The van der Waals surface area contributed by atoms with Crippen molar-refractivity contribution in [3.63, 3.8) is 0 Å². The number of anilines is 2. The van der Waals surface area contributed by atoms with Crippen LogP contribution in [0, 0.1) is 16.0 Å². The van der Waals surface area contributed by atoms with Crippen LogP contribution < -0.4 is 10.0 Å². The third-order valence-corrected chi connectivity index (χ3v) is 7.87. The molecule has 2 aliphatic rings. The molecule has 3 atom stereocenters. The van der Waals surface area contributed by atoms with Crippen molar-refractivity contribution >= 4 is 33.1 Å². The number of carboxylic acid groups (broad SMARTS) is 1. The van der Waals surface area contributed by atoms with Crippen molar-refractivity contribution in [2.24, 2.45) is 5.92 Å². The van der Waals surface area contributed by atoms with E-state index in [1.807, 2.05) is 0 Å². The maximum Gasteiger partial charge on any atom is 0.335 e. The molecule has 0 amide bonds. The number of hydrogen-bond acceptors (Lipinski definition) is 6. The van der Waals surface area contributed by atoms with Gasteiger partial charge in [0.15, 0.2) is 0 Å². The van der Waals surface area contributed by atoms with E-state index in [-0.39, 0.29) is 39.7 Å². The number of fused-ring (bicyclic) bond motifs is 3. The summed E-state index contributed by atoms with van der Waals surface area (Å²) in [5, 5.41) is 23.5. The van der Waals surface area contributed by atoms with Gasteiger partial charge in [0.2, 0.25) is 0 Å². The van der Waals surface area contributed by atoms with E-state index < -0.39 is 20.9 Å². The average Bonchev–Trinajstić information content (AvgIpc) is 3.34. The molecule has 0 radical (unpaired) electrons. The topological polar surface area (TPSA) is 139 Å². The van der Waals surface area contributed by atoms with E-state index in [0.29, 0.717) is 0 Å². The number of carboxylic acids is 1. The number of carbonyl (C=O) groups is 1. The first-order chi connectivity index (χ1) is 16.7. The largest absolute Gasteiger partial charge is 0.478 e. The van der Waals surface area contributed by atoms with Crippen LogP contribution in [0.25, 0.3) is 0 Å². The number of hydrogen-bond donors (Lipinski definition) is 3. The van der Waals surface area contributed by atoms with Crippen molar-refractivity contribution in [3.8, 4) is 0 Å². The van der Waals surface area contributed by atoms with E-state index in [9.17, 15) is 23.3 Å². The molecular weight excluding hydrogens is 470 g/mol. The lowest BCUT2D eigenvalue weighted by Gasteiger charge is -2.37. The van der Waals surface area contributed by atoms with E-state index in [4.69, 9.17) is 5.11 Å². The van der Waals surface area contributed by atoms with Crippen LogP contribution in [0.1, 0.15) is 39.9 Å². The van der Waals surface area contributed by atoms with Crippen LogP contribution in [0.15, 0.2) is 83.8 Å². The highest BCUT2D eigenvalue weighted by atomic mass is 32.2. The number of non-ortho nitro benzene ring substituents is 1. The maximum absolute atomic E-state index is 13.1. The van der Waals surface area contributed by atoms with Crippen molar-refractivity contribution < 1.29 is 23.2 Å². The number of nitro groups is 1. The molecule has 1 aliphatic heterocycles. The van der Waals surface area contributed by atoms with Crippen LogP contribution in [0.4, 0.5) is 17.1 Å². The normalized spacial score (nSPS) is 20.4. The first kappa shape index (κ1) is 22.6. The lowest BCUT2D eigenvalue weighted by molar-refractivity contribution is -0.384. The molecule has 178 valence electrons. The SMILES string of the molecule is O=C(O)c1ccc(NS(=O)(=O)c2ccc3c(c2)[C@@H]2C=CC[C@@H]2[C@H](c2ccc([N+](=O)[O-])cc2)N3)cc1. The average molecular weight is 492 g/mol. The van der Waals surface area contributed by atoms with Gasteiger partial charge in [0.05, 0.1) is 21.4 Å². The Balaban J connectivity index is 1.43. The van der Waals surface area contributed by atoms with E-state index in [2.05, 4.69) is 22.2 Å². The Morgan fingerprint density at radius 2 is 1.77 bits per heavy atom. The summed E-state index contributed by atoms with van der Waals surface area (Å²) in [5.41, 5.74) is 2.98. The Hall–Kier alpha value is -4.18. The predicted molar refractivity (Wildman–Crippen MR) is 130 cm³/mol. The van der Waals surface area contributed by atoms with Crippen molar-refractivity contribution in [1.29, 1.82) is 0 Å². The van der Waals surface area contributed by atoms with Crippen LogP contribution in [-0.4, -0.2) is 24.4 Å². The van der Waals surface area contributed by atoms with Gasteiger partial charge in [-0.05, 0) is 65.9 Å². The van der Waals surface area contributed by atoms with Gasteiger partial charge in [0.1, 0.15) is 0 Å². The molecule has 9 nitrogen and oxygen atoms in total. The summed E-state index contributed by atoms with van der Waals surface area (Å²) >= 11 is 0. The first-order valence-corrected chi connectivity index (χ1v) is 12.4. The Morgan fingerprint density at radius 3 is 2.43 bits per heavy atom. The molecule has 0 fully saturated rings. The Morgan fingerprint density at radius 1 is 1.06 bits per heavy atom. The van der Waals surface area contributed by atoms with E-state index >= 15 is 0 Å². The number of sulfonamides is 1. The highest BCUT2D eigenvalue weighted by molar-refractivity contribution is 7.92. The van der Waals surface area contributed by atoms with Crippen LogP contribution in [0.2, 0.25) is 0 Å². The second-order valence-electron chi connectivity index (χ2n) is 8.56. The minimum absolute atomic E-state index is 0.00329. The smallest absolute Gasteiger partial charge is 0.335 e. The van der Waals surface area contributed by atoms with Gasteiger partial charge in [-0.25, -0.2) is 13.2 Å². The van der Waals surface area contributed by atoms with Gasteiger partial charge in [-0.3, -0.25) is 14.8 Å². The number of nitrogens with zero attached hydrogens (tertiary/aromatic N) is 1. The highest BCUT2D eigenvalue weighted by Crippen LogP contribution is 2.50. The third kappa shape index (κ3) is 4.24. The van der Waals surface area contributed by atoms with Crippen LogP contribution in [0.3, 0.4) is 0 Å². The molecule has 10 heteroatoms. The summed E-state index contributed by atoms with van der Waals surface area (Å²) in [6, 6.07) is 16.8. The summed E-state index contributed by atoms with van der Waals surface area (Å²) in [6.45, 7) is 0. The van der Waals surface area contributed by atoms with Gasteiger partial charge in [0.25, 0.3) is 15.7 Å². The summed E-state index contributed by atoms with van der Waals surface area (Å²) in [5.74, 6) is -0.956. The Kier molecular flexibility index (Phi) is 5.52. The standard InChI is InChI=1S/C25H21N3O6S/c29-25(30)16-4-8-17(9-5-16)27-35(33,34)19-12-13-23-22(14-19)20-2-1-3-21(20)24(26-23)15-6-10-18(11-7-15)28(31)32/h1-2,4-14,20-21,24,26-27H,3H2,(H,29,30)/t20-,21+,24+/m1/s1. The molecule has 0 saturated heterocycles. The molecule has 3 aromatic carbocycles. The minimum Gasteiger partial charge on any atom is -0.478 e. The number of nitrogens with one attached hydrogen (secondary N) is 2. The van der Waals surface area contributed by atoms with Crippen molar-refractivity contribution in [2.45, 2.75) is 23.3 Å². The number of aromatic carboxylic acids is 1. The maximum atomic E-state index is 13.1. The zero-order chi connectivity index (χ0) is 24.7. The van der Waals surface area contributed by atoms with Gasteiger partial charge in [-0.1, -0.05) is 24.3 Å². The van der Waals surface area contributed by atoms with Gasteiger partial charge >= 0.3 is 5.97 Å². The van der Waals surface area contributed by atoms with Gasteiger partial charge in [0, 0.05) is 29.4 Å². The molecule has 0 bridgehead atoms. The van der Waals surface area contributed by atoms with E-state index in [1.54, 1.807) is 24.3 Å². The highest BCUT2D eigenvalue weighted by Gasteiger charge is 2.38. The lowest BCUT2D eigenvalue weighted by atomic mass is 9.77. The first-order valence-electron chi connectivity index (χ1n) is 10.9. The Labute approximate surface area is 201 Å². The van der Waals surface area contributed by atoms with Crippen molar-refractivity contribution in [2.75, 3.05) is 10.0 Å². The monoisotopic (exact) mass is 491 g/mol. The second kappa shape index (κ2) is 8.55. The van der Waals surface area contributed by atoms with Crippen LogP contribution >= 0.6 is 0 Å². The number of allylic oxidation sites excluding steroid dienone is 2. The molecule has 5 rings (SSSR count). The molecule has 1 heterocycles. The minimum atomic E-state index is -3.90. The number of nitro benzene ring substituents is 1. The van der Waals surface area contributed by atoms with Gasteiger partial charge in [-0.2, -0.15) is 0 Å². The summed E-state index contributed by atoms with van der Waals surface area (Å²) in [6.07, 6.45) is 4.95. The van der Waals surface area contributed by atoms with E-state index in [0.717, 1.165) is 23.2 Å². The number of benzene rings is 3. The fraction of sp³-hybridized carbons (Fsp3) is 0.160. The molecule has 1 aliphatic carbocycles. The number of rotatable bonds is 6. The zero-order valence-electron chi connectivity index (χ0n) is 18.3. The molecule has 35 heavy (non-hydrogen) atoms. The Bertz CT molecular complexity index is 1450. The quantitative estimate of drug-likeness (QED) is 0.253. The second-order valence-corrected chi connectivity index (χ2v) is 10.2. The van der Waals surface area contributed by atoms with Crippen LogP contribution in [-0.2, 0) is 10.0 Å². The lowest BCUT2D eigenvalue weighted by Crippen LogP contribution is -2.29. The molecule has 3 N–H and O–H groups in total. The summed E-state index contributed by atoms with van der Waals surface area (Å²) in [4.78, 5) is 21.7. The molecule has 0 spiro atoms. The molecule has 0 unspecified atom stereocenters. The summed E-state index contributed by atoms with van der Waals surface area (Å²) in [7, 11) is -3.90. The third-order valence-electron chi connectivity index (χ3n) is 6.49. The van der Waals surface area contributed by atoms with Crippen molar-refractivity contribution in [3.05, 3.63) is 106 Å². The fourth-order valence-corrected chi connectivity index (χ4v) is 5.86. The molecule has 3 aromatic rings. The zero-order valence-corrected chi connectivity index (χ0v) is 19.1. The van der Waals surface area contributed by atoms with Crippen molar-refractivity contribution in [1.82, 2.24) is 0 Å². The van der Waals surface area contributed by atoms with Gasteiger partial charge in [-0.15, -0.1) is 0 Å². The fourth-order valence-electron chi connectivity index (χ4n) is 4.77. The van der Waals surface area contributed by atoms with Gasteiger partial charge < -0.3 is 10.4 Å². The summed E-state index contributed by atoms with van der Waals surface area (Å²) < 4.78 is 28.6. The molecular formula is C25H21N3O6S. The predicted octanol–water partition coefficient (Wildman–Crippen LogP) is 4.92. The van der Waals surface area contributed by atoms with Crippen LogP contribution in [0.5, 0.6) is 0 Å². The molecule has 0 aromatic heterocycles.